The summed E-state index contributed by atoms with van der Waals surface area (Å²) >= 11 is 0. The van der Waals surface area contributed by atoms with Crippen molar-refractivity contribution >= 4 is 5.82 Å². The Morgan fingerprint density at radius 2 is 1.92 bits per heavy atom. The van der Waals surface area contributed by atoms with Crippen molar-refractivity contribution in [3.8, 4) is 5.88 Å². The first-order chi connectivity index (χ1) is 11.8. The molecule has 1 saturated carbocycles. The third kappa shape index (κ3) is 4.36. The lowest BCUT2D eigenvalue weighted by Gasteiger charge is -2.38. The molecule has 134 valence electrons. The molecular formula is C18H30N4O2. The molecule has 2 heterocycles. The van der Waals surface area contributed by atoms with Crippen molar-refractivity contribution in [2.24, 2.45) is 0 Å². The number of aliphatic hydroxyl groups excluding tert-OH is 1. The summed E-state index contributed by atoms with van der Waals surface area (Å²) in [5, 5.41) is 9.46. The summed E-state index contributed by atoms with van der Waals surface area (Å²) in [6, 6.07) is 0.277. The molecule has 24 heavy (non-hydrogen) atoms. The molecule has 1 aromatic rings. The van der Waals surface area contributed by atoms with Gasteiger partial charge in [0.2, 0.25) is 5.88 Å². The Hall–Kier alpha value is -1.40. The van der Waals surface area contributed by atoms with Gasteiger partial charge in [0.15, 0.2) is 5.82 Å². The average molecular weight is 334 g/mol. The first kappa shape index (κ1) is 17.4. The molecule has 0 spiro atoms. The Morgan fingerprint density at radius 3 is 2.58 bits per heavy atom. The van der Waals surface area contributed by atoms with E-state index in [1.165, 1.54) is 19.3 Å². The van der Waals surface area contributed by atoms with E-state index < -0.39 is 0 Å². The minimum Gasteiger partial charge on any atom is -0.473 e. The zero-order valence-corrected chi connectivity index (χ0v) is 14.7. The van der Waals surface area contributed by atoms with Gasteiger partial charge >= 0.3 is 0 Å². The standard InChI is InChI=1S/C18H30N4O2/c1-2-15(14-23)21-8-10-22(11-9-21)17-12-19-13-18(20-17)24-16-6-4-3-5-7-16/h12-13,15-16,23H,2-11,14H2,1H3. The number of aliphatic hydroxyl groups is 1. The highest BCUT2D eigenvalue weighted by Crippen LogP contribution is 2.23. The Bertz CT molecular complexity index is 496. The number of hydrogen-bond acceptors (Lipinski definition) is 6. The Morgan fingerprint density at radius 1 is 1.17 bits per heavy atom. The predicted molar refractivity (Wildman–Crippen MR) is 94.5 cm³/mol. The molecule has 0 aromatic carbocycles. The summed E-state index contributed by atoms with van der Waals surface area (Å²) in [6.45, 7) is 6.10. The Labute approximate surface area is 144 Å². The lowest BCUT2D eigenvalue weighted by Crippen LogP contribution is -2.51. The summed E-state index contributed by atoms with van der Waals surface area (Å²) in [4.78, 5) is 13.6. The van der Waals surface area contributed by atoms with Gasteiger partial charge in [-0.3, -0.25) is 9.88 Å². The molecule has 2 aliphatic rings. The highest BCUT2D eigenvalue weighted by Gasteiger charge is 2.23. The Kier molecular flexibility index (Phi) is 6.26. The van der Waals surface area contributed by atoms with Crippen LogP contribution in [-0.2, 0) is 0 Å². The largest absolute Gasteiger partial charge is 0.473 e. The normalized spacial score (nSPS) is 21.7. The monoisotopic (exact) mass is 334 g/mol. The zero-order chi connectivity index (χ0) is 16.8. The molecule has 1 aliphatic heterocycles. The van der Waals surface area contributed by atoms with Crippen molar-refractivity contribution in [3.05, 3.63) is 12.4 Å². The molecule has 0 bridgehead atoms. The fourth-order valence-electron chi connectivity index (χ4n) is 3.72. The highest BCUT2D eigenvalue weighted by atomic mass is 16.5. The van der Waals surface area contributed by atoms with Gasteiger partial charge in [-0.15, -0.1) is 0 Å². The van der Waals surface area contributed by atoms with Gasteiger partial charge in [0.25, 0.3) is 0 Å². The summed E-state index contributed by atoms with van der Waals surface area (Å²) in [5.74, 6) is 1.56. The topological polar surface area (TPSA) is 61.7 Å². The second-order valence-corrected chi connectivity index (χ2v) is 6.86. The van der Waals surface area contributed by atoms with Crippen LogP contribution in [0.15, 0.2) is 12.4 Å². The number of nitrogens with zero attached hydrogens (tertiary/aromatic N) is 4. The van der Waals surface area contributed by atoms with Crippen LogP contribution in [0.2, 0.25) is 0 Å². The second kappa shape index (κ2) is 8.62. The van der Waals surface area contributed by atoms with Crippen LogP contribution in [-0.4, -0.2) is 64.9 Å². The summed E-state index contributed by atoms with van der Waals surface area (Å²) in [5.41, 5.74) is 0. The van der Waals surface area contributed by atoms with Crippen molar-refractivity contribution in [1.29, 1.82) is 0 Å². The predicted octanol–water partition coefficient (Wildman–Crippen LogP) is 2.08. The number of aromatic nitrogens is 2. The van der Waals surface area contributed by atoms with E-state index in [1.54, 1.807) is 6.20 Å². The fraction of sp³-hybridized carbons (Fsp3) is 0.778. The quantitative estimate of drug-likeness (QED) is 0.859. The van der Waals surface area contributed by atoms with E-state index in [0.717, 1.165) is 51.3 Å². The number of piperazine rings is 1. The molecule has 1 aliphatic carbocycles. The Balaban J connectivity index is 1.56. The van der Waals surface area contributed by atoms with Crippen LogP contribution in [0.1, 0.15) is 45.4 Å². The summed E-state index contributed by atoms with van der Waals surface area (Å²) < 4.78 is 6.04. The van der Waals surface area contributed by atoms with Crippen molar-refractivity contribution < 1.29 is 9.84 Å². The fourth-order valence-corrected chi connectivity index (χ4v) is 3.72. The van der Waals surface area contributed by atoms with Crippen molar-refractivity contribution in [3.63, 3.8) is 0 Å². The van der Waals surface area contributed by atoms with Gasteiger partial charge in [-0.25, -0.2) is 0 Å². The first-order valence-electron chi connectivity index (χ1n) is 9.38. The summed E-state index contributed by atoms with van der Waals surface area (Å²) in [7, 11) is 0. The van der Waals surface area contributed by atoms with E-state index in [9.17, 15) is 5.11 Å². The minimum atomic E-state index is 0.237. The molecule has 6 nitrogen and oxygen atoms in total. The van der Waals surface area contributed by atoms with Crippen LogP contribution in [0, 0.1) is 0 Å². The van der Waals surface area contributed by atoms with E-state index in [1.807, 2.05) is 6.20 Å². The van der Waals surface area contributed by atoms with Crippen LogP contribution in [0.5, 0.6) is 5.88 Å². The molecule has 3 rings (SSSR count). The molecule has 1 atom stereocenters. The van der Waals surface area contributed by atoms with Crippen LogP contribution in [0.3, 0.4) is 0 Å². The molecule has 0 amide bonds. The molecule has 1 N–H and O–H groups in total. The van der Waals surface area contributed by atoms with Gasteiger partial charge in [0, 0.05) is 32.2 Å². The molecule has 1 saturated heterocycles. The van der Waals surface area contributed by atoms with E-state index in [4.69, 9.17) is 4.74 Å². The second-order valence-electron chi connectivity index (χ2n) is 6.86. The van der Waals surface area contributed by atoms with E-state index in [2.05, 4.69) is 26.7 Å². The maximum absolute atomic E-state index is 9.46. The smallest absolute Gasteiger partial charge is 0.234 e. The summed E-state index contributed by atoms with van der Waals surface area (Å²) in [6.07, 6.45) is 10.9. The van der Waals surface area contributed by atoms with Gasteiger partial charge in [-0.05, 0) is 32.1 Å². The van der Waals surface area contributed by atoms with Crippen LogP contribution in [0.4, 0.5) is 5.82 Å². The van der Waals surface area contributed by atoms with Gasteiger partial charge in [-0.2, -0.15) is 4.98 Å². The van der Waals surface area contributed by atoms with Crippen molar-refractivity contribution in [1.82, 2.24) is 14.9 Å². The zero-order valence-electron chi connectivity index (χ0n) is 14.7. The SMILES string of the molecule is CCC(CO)N1CCN(c2cncc(OC3CCCCC3)n2)CC1. The molecular weight excluding hydrogens is 304 g/mol. The average Bonchev–Trinajstić information content (AvgIpc) is 2.64. The molecule has 1 aromatic heterocycles. The van der Waals surface area contributed by atoms with Gasteiger partial charge in [-0.1, -0.05) is 13.3 Å². The maximum Gasteiger partial charge on any atom is 0.234 e. The molecule has 2 fully saturated rings. The number of rotatable bonds is 6. The maximum atomic E-state index is 9.46. The van der Waals surface area contributed by atoms with E-state index in [-0.39, 0.29) is 12.6 Å². The van der Waals surface area contributed by atoms with Crippen LogP contribution >= 0.6 is 0 Å². The minimum absolute atomic E-state index is 0.237. The van der Waals surface area contributed by atoms with Gasteiger partial charge < -0.3 is 14.7 Å². The number of anilines is 1. The van der Waals surface area contributed by atoms with Crippen molar-refractivity contribution in [2.75, 3.05) is 37.7 Å². The van der Waals surface area contributed by atoms with Gasteiger partial charge in [0.1, 0.15) is 6.10 Å². The van der Waals surface area contributed by atoms with Crippen molar-refractivity contribution in [2.45, 2.75) is 57.6 Å². The molecule has 0 radical (unpaired) electrons. The third-order valence-electron chi connectivity index (χ3n) is 5.28. The number of ether oxygens (including phenoxy) is 1. The highest BCUT2D eigenvalue weighted by molar-refractivity contribution is 5.38. The third-order valence-corrected chi connectivity index (χ3v) is 5.28. The van der Waals surface area contributed by atoms with Crippen LogP contribution in [0.25, 0.3) is 0 Å². The first-order valence-corrected chi connectivity index (χ1v) is 9.38. The lowest BCUT2D eigenvalue weighted by molar-refractivity contribution is 0.113. The molecule has 6 heteroatoms. The number of hydrogen-bond donors (Lipinski definition) is 1. The van der Waals surface area contributed by atoms with E-state index >= 15 is 0 Å². The van der Waals surface area contributed by atoms with E-state index in [0.29, 0.717) is 12.0 Å². The molecule has 1 unspecified atom stereocenters. The van der Waals surface area contributed by atoms with Crippen LogP contribution < -0.4 is 9.64 Å². The van der Waals surface area contributed by atoms with Gasteiger partial charge in [0.05, 0.1) is 19.0 Å². The lowest BCUT2D eigenvalue weighted by atomic mass is 9.98.